The van der Waals surface area contributed by atoms with Crippen molar-refractivity contribution in [1.29, 1.82) is 0 Å². The number of anilines is 2. The molecule has 11 heteroatoms. The monoisotopic (exact) mass is 367 g/mol. The Hall–Kier alpha value is -3.08. The summed E-state index contributed by atoms with van der Waals surface area (Å²) >= 11 is 0. The molecule has 2 aromatic heterocycles. The Morgan fingerprint density at radius 1 is 1.19 bits per heavy atom. The zero-order valence-electron chi connectivity index (χ0n) is 13.4. The minimum absolute atomic E-state index is 0.0181. The molecule has 3 aromatic rings. The molecule has 0 atom stereocenters. The molecule has 0 aliphatic heterocycles. The van der Waals surface area contributed by atoms with E-state index in [1.54, 1.807) is 19.3 Å². The maximum Gasteiger partial charge on any atom is 0.419 e. The van der Waals surface area contributed by atoms with Crippen LogP contribution in [-0.4, -0.2) is 24.7 Å². The first-order chi connectivity index (χ1) is 12.3. The van der Waals surface area contributed by atoms with E-state index >= 15 is 0 Å². The fourth-order valence-corrected chi connectivity index (χ4v) is 2.35. The Balaban J connectivity index is 2.03. The summed E-state index contributed by atoms with van der Waals surface area (Å²) in [7, 11) is 1.71. The number of benzene rings is 1. The third-order valence-corrected chi connectivity index (χ3v) is 3.50. The van der Waals surface area contributed by atoms with Crippen molar-refractivity contribution < 1.29 is 17.6 Å². The van der Waals surface area contributed by atoms with Crippen molar-refractivity contribution in [1.82, 2.24) is 24.7 Å². The van der Waals surface area contributed by atoms with Crippen molar-refractivity contribution in [3.05, 3.63) is 47.7 Å². The number of aromatic nitrogens is 5. The molecule has 26 heavy (non-hydrogen) atoms. The van der Waals surface area contributed by atoms with E-state index in [-0.39, 0.29) is 17.3 Å². The van der Waals surface area contributed by atoms with Crippen LogP contribution < -0.4 is 11.1 Å². The molecule has 136 valence electrons. The second-order valence-corrected chi connectivity index (χ2v) is 5.30. The first kappa shape index (κ1) is 17.7. The SMILES string of the molecule is Cn1ccc(Nc2ncnc(-c3ccc(CN)c(C(F)(F)F)c3F)n2)n1. The second-order valence-electron chi connectivity index (χ2n) is 5.30. The van der Waals surface area contributed by atoms with Crippen LogP contribution in [0.4, 0.5) is 29.3 Å². The van der Waals surface area contributed by atoms with E-state index in [4.69, 9.17) is 5.73 Å². The fourth-order valence-electron chi connectivity index (χ4n) is 2.35. The van der Waals surface area contributed by atoms with Gasteiger partial charge in [-0.25, -0.2) is 14.4 Å². The Morgan fingerprint density at radius 2 is 1.96 bits per heavy atom. The number of hydrogen-bond acceptors (Lipinski definition) is 6. The molecular weight excluding hydrogens is 354 g/mol. The van der Waals surface area contributed by atoms with Crippen LogP contribution in [0.25, 0.3) is 11.4 Å². The average Bonchev–Trinajstić information content (AvgIpc) is 2.98. The summed E-state index contributed by atoms with van der Waals surface area (Å²) in [6.07, 6.45) is -2.15. The van der Waals surface area contributed by atoms with Gasteiger partial charge in [0.2, 0.25) is 5.95 Å². The lowest BCUT2D eigenvalue weighted by atomic mass is 10.0. The second kappa shape index (κ2) is 6.67. The average molecular weight is 367 g/mol. The molecule has 3 N–H and O–H groups in total. The molecule has 0 fully saturated rings. The number of nitrogens with two attached hydrogens (primary N) is 1. The highest BCUT2D eigenvalue weighted by Gasteiger charge is 2.38. The van der Waals surface area contributed by atoms with Gasteiger partial charge in [0.05, 0.1) is 11.1 Å². The Bertz CT molecular complexity index is 936. The molecule has 0 saturated heterocycles. The lowest BCUT2D eigenvalue weighted by molar-refractivity contribution is -0.140. The van der Waals surface area contributed by atoms with Crippen molar-refractivity contribution in [3.8, 4) is 11.4 Å². The number of hydrogen-bond donors (Lipinski definition) is 2. The summed E-state index contributed by atoms with van der Waals surface area (Å²) in [5.74, 6) is -1.29. The van der Waals surface area contributed by atoms with Gasteiger partial charge >= 0.3 is 6.18 Å². The van der Waals surface area contributed by atoms with Crippen molar-refractivity contribution in [3.63, 3.8) is 0 Å². The van der Waals surface area contributed by atoms with Crippen LogP contribution in [0.3, 0.4) is 0 Å². The van der Waals surface area contributed by atoms with E-state index in [0.717, 1.165) is 18.5 Å². The quantitative estimate of drug-likeness (QED) is 0.689. The standard InChI is InChI=1S/C15H13F4N7/c1-26-5-4-10(25-26)23-14-22-7-21-13(24-14)9-3-2-8(6-20)11(12(9)16)15(17,18)19/h2-5,7H,6,20H2,1H3,(H,21,22,23,24,25). The van der Waals surface area contributed by atoms with Crippen molar-refractivity contribution in [2.75, 3.05) is 5.32 Å². The Kier molecular flexibility index (Phi) is 4.55. The molecule has 0 unspecified atom stereocenters. The van der Waals surface area contributed by atoms with Crippen molar-refractivity contribution in [2.24, 2.45) is 12.8 Å². The van der Waals surface area contributed by atoms with Crippen molar-refractivity contribution in [2.45, 2.75) is 12.7 Å². The van der Waals surface area contributed by atoms with Gasteiger partial charge in [-0.2, -0.15) is 23.3 Å². The number of aryl methyl sites for hydroxylation is 1. The molecule has 0 aliphatic rings. The van der Waals surface area contributed by atoms with E-state index in [1.807, 2.05) is 0 Å². The smallest absolute Gasteiger partial charge is 0.326 e. The van der Waals surface area contributed by atoms with Crippen molar-refractivity contribution >= 4 is 11.8 Å². The first-order valence-corrected chi connectivity index (χ1v) is 7.34. The number of nitrogens with zero attached hydrogens (tertiary/aromatic N) is 5. The molecule has 7 nitrogen and oxygen atoms in total. The first-order valence-electron chi connectivity index (χ1n) is 7.34. The van der Waals surface area contributed by atoms with Crippen LogP contribution in [0.15, 0.2) is 30.7 Å². The van der Waals surface area contributed by atoms with Crippen LogP contribution in [0.2, 0.25) is 0 Å². The van der Waals surface area contributed by atoms with Crippen LogP contribution in [0.5, 0.6) is 0 Å². The Morgan fingerprint density at radius 3 is 2.58 bits per heavy atom. The molecule has 0 saturated carbocycles. The third kappa shape index (κ3) is 3.47. The summed E-state index contributed by atoms with van der Waals surface area (Å²) in [4.78, 5) is 11.6. The molecule has 0 bridgehead atoms. The van der Waals surface area contributed by atoms with Gasteiger partial charge in [-0.3, -0.25) is 4.68 Å². The zero-order valence-corrected chi connectivity index (χ0v) is 13.4. The molecule has 3 rings (SSSR count). The van der Waals surface area contributed by atoms with Gasteiger partial charge in [0.25, 0.3) is 0 Å². The topological polar surface area (TPSA) is 94.5 Å². The largest absolute Gasteiger partial charge is 0.419 e. The molecule has 2 heterocycles. The number of alkyl halides is 3. The highest BCUT2D eigenvalue weighted by atomic mass is 19.4. The fraction of sp³-hybridized carbons (Fsp3) is 0.200. The number of nitrogens with one attached hydrogen (secondary N) is 1. The lowest BCUT2D eigenvalue weighted by Crippen LogP contribution is -2.15. The van der Waals surface area contributed by atoms with Gasteiger partial charge in [-0.1, -0.05) is 6.07 Å². The normalized spacial score (nSPS) is 11.6. The number of halogens is 4. The van der Waals surface area contributed by atoms with Gasteiger partial charge in [-0.05, 0) is 11.6 Å². The van der Waals surface area contributed by atoms with E-state index in [2.05, 4.69) is 25.4 Å². The predicted octanol–water partition coefficient (Wildman–Crippen LogP) is 2.63. The molecule has 0 amide bonds. The maximum absolute atomic E-state index is 14.6. The maximum atomic E-state index is 14.6. The summed E-state index contributed by atoms with van der Waals surface area (Å²) in [5.41, 5.74) is 3.12. The molecular formula is C15H13F4N7. The van der Waals surface area contributed by atoms with Gasteiger partial charge in [0.15, 0.2) is 11.6 Å². The highest BCUT2D eigenvalue weighted by molar-refractivity contribution is 5.61. The summed E-state index contributed by atoms with van der Waals surface area (Å²) in [5, 5.41) is 6.83. The van der Waals surface area contributed by atoms with Gasteiger partial charge in [0.1, 0.15) is 12.1 Å². The highest BCUT2D eigenvalue weighted by Crippen LogP contribution is 2.37. The van der Waals surface area contributed by atoms with Gasteiger partial charge < -0.3 is 11.1 Å². The minimum atomic E-state index is -4.89. The van der Waals surface area contributed by atoms with Gasteiger partial charge in [0, 0.05) is 25.9 Å². The van der Waals surface area contributed by atoms with Crippen LogP contribution in [-0.2, 0) is 19.8 Å². The lowest BCUT2D eigenvalue weighted by Gasteiger charge is -2.15. The predicted molar refractivity (Wildman–Crippen MR) is 84.6 cm³/mol. The molecule has 0 aliphatic carbocycles. The third-order valence-electron chi connectivity index (χ3n) is 3.50. The zero-order chi connectivity index (χ0) is 18.9. The van der Waals surface area contributed by atoms with E-state index < -0.39 is 29.7 Å². The van der Waals surface area contributed by atoms with Gasteiger partial charge in [-0.15, -0.1) is 0 Å². The van der Waals surface area contributed by atoms with Crippen LogP contribution >= 0.6 is 0 Å². The molecule has 1 aromatic carbocycles. The minimum Gasteiger partial charge on any atom is -0.326 e. The summed E-state index contributed by atoms with van der Waals surface area (Å²) in [6, 6.07) is 3.91. The van der Waals surface area contributed by atoms with E-state index in [1.165, 1.54) is 4.68 Å². The van der Waals surface area contributed by atoms with Crippen LogP contribution in [0, 0.1) is 5.82 Å². The van der Waals surface area contributed by atoms with Crippen LogP contribution in [0.1, 0.15) is 11.1 Å². The summed E-state index contributed by atoms with van der Waals surface area (Å²) < 4.78 is 55.7. The molecule has 0 spiro atoms. The Labute approximate surface area is 144 Å². The number of rotatable bonds is 4. The summed E-state index contributed by atoms with van der Waals surface area (Å²) in [6.45, 7) is -0.449. The van der Waals surface area contributed by atoms with E-state index in [0.29, 0.717) is 5.82 Å². The molecule has 0 radical (unpaired) electrons. The van der Waals surface area contributed by atoms with E-state index in [9.17, 15) is 17.6 Å².